The van der Waals surface area contributed by atoms with Crippen molar-refractivity contribution in [3.63, 3.8) is 0 Å². The normalized spacial score (nSPS) is 12.2. The Bertz CT molecular complexity index is 371. The number of hydrogen-bond acceptors (Lipinski definition) is 1. The molecule has 1 nitrogen and oxygen atoms in total. The van der Waals surface area contributed by atoms with E-state index in [0.717, 1.165) is 12.6 Å². The molecule has 0 spiro atoms. The molecule has 0 bridgehead atoms. The van der Waals surface area contributed by atoms with Crippen LogP contribution in [0.4, 0.5) is 17.6 Å². The number of halogens is 4. The van der Waals surface area contributed by atoms with Gasteiger partial charge in [-0.3, -0.25) is 0 Å². The van der Waals surface area contributed by atoms with E-state index in [1.807, 2.05) is 19.0 Å². The fraction of sp³-hybridized carbons (Fsp3) is 0.500. The monoisotopic (exact) mass is 249 g/mol. The minimum Gasteiger partial charge on any atom is -0.309 e. The Morgan fingerprint density at radius 3 is 2.35 bits per heavy atom. The summed E-state index contributed by atoms with van der Waals surface area (Å²) < 4.78 is 50.9. The van der Waals surface area contributed by atoms with E-state index in [1.54, 1.807) is 0 Å². The maximum atomic E-state index is 13.6. The van der Waals surface area contributed by atoms with Crippen molar-refractivity contribution in [1.29, 1.82) is 0 Å². The summed E-state index contributed by atoms with van der Waals surface area (Å²) in [7, 11) is 3.73. The highest BCUT2D eigenvalue weighted by molar-refractivity contribution is 5.28. The highest BCUT2D eigenvalue weighted by Gasteiger charge is 2.34. The van der Waals surface area contributed by atoms with Crippen molar-refractivity contribution >= 4 is 0 Å². The molecule has 17 heavy (non-hydrogen) atoms. The summed E-state index contributed by atoms with van der Waals surface area (Å²) in [6.07, 6.45) is -3.68. The van der Waals surface area contributed by atoms with Gasteiger partial charge < -0.3 is 4.90 Å². The molecule has 1 aromatic rings. The fourth-order valence-electron chi connectivity index (χ4n) is 1.58. The van der Waals surface area contributed by atoms with Gasteiger partial charge in [-0.1, -0.05) is 12.1 Å². The number of hydrogen-bond donors (Lipinski definition) is 0. The van der Waals surface area contributed by atoms with E-state index < -0.39 is 17.6 Å². The Hall–Kier alpha value is -1.10. The third kappa shape index (κ3) is 4.00. The number of aryl methyl sites for hydroxylation is 1. The van der Waals surface area contributed by atoms with E-state index in [-0.39, 0.29) is 5.56 Å². The van der Waals surface area contributed by atoms with Crippen molar-refractivity contribution in [2.24, 2.45) is 0 Å². The van der Waals surface area contributed by atoms with Crippen LogP contribution in [0, 0.1) is 5.82 Å². The van der Waals surface area contributed by atoms with Gasteiger partial charge in [0.15, 0.2) is 0 Å². The van der Waals surface area contributed by atoms with Gasteiger partial charge in [0.1, 0.15) is 5.82 Å². The lowest BCUT2D eigenvalue weighted by atomic mass is 10.0. The number of alkyl halides is 3. The summed E-state index contributed by atoms with van der Waals surface area (Å²) in [6, 6.07) is 3.42. The van der Waals surface area contributed by atoms with E-state index in [9.17, 15) is 17.6 Å². The summed E-state index contributed by atoms with van der Waals surface area (Å²) in [5, 5.41) is 0. The molecule has 0 aromatic heterocycles. The summed E-state index contributed by atoms with van der Waals surface area (Å²) >= 11 is 0. The second kappa shape index (κ2) is 5.49. The van der Waals surface area contributed by atoms with Gasteiger partial charge in [0.2, 0.25) is 0 Å². The van der Waals surface area contributed by atoms with Crippen molar-refractivity contribution in [2.75, 3.05) is 20.6 Å². The summed E-state index contributed by atoms with van der Waals surface area (Å²) in [5.41, 5.74) is -1.05. The molecule has 1 rings (SSSR count). The molecular formula is C12H15F4N. The predicted molar refractivity (Wildman–Crippen MR) is 58.3 cm³/mol. The molecule has 0 amide bonds. The first kappa shape index (κ1) is 14.0. The molecule has 0 aliphatic carbocycles. The Morgan fingerprint density at radius 1 is 1.18 bits per heavy atom. The van der Waals surface area contributed by atoms with Gasteiger partial charge in [0.05, 0.1) is 5.56 Å². The van der Waals surface area contributed by atoms with Crippen LogP contribution >= 0.6 is 0 Å². The quantitative estimate of drug-likeness (QED) is 0.740. The highest BCUT2D eigenvalue weighted by atomic mass is 19.4. The van der Waals surface area contributed by atoms with Crippen molar-refractivity contribution in [3.05, 3.63) is 35.1 Å². The zero-order chi connectivity index (χ0) is 13.1. The fourth-order valence-corrected chi connectivity index (χ4v) is 1.58. The molecule has 5 heteroatoms. The Labute approximate surface area is 98.0 Å². The minimum atomic E-state index is -4.62. The van der Waals surface area contributed by atoms with E-state index in [0.29, 0.717) is 12.8 Å². The molecule has 0 aliphatic heterocycles. The van der Waals surface area contributed by atoms with Gasteiger partial charge in [-0.15, -0.1) is 0 Å². The van der Waals surface area contributed by atoms with E-state index >= 15 is 0 Å². The van der Waals surface area contributed by atoms with Gasteiger partial charge in [-0.05, 0) is 45.1 Å². The summed E-state index contributed by atoms with van der Waals surface area (Å²) in [4.78, 5) is 1.91. The number of rotatable bonds is 4. The van der Waals surface area contributed by atoms with Gasteiger partial charge in [-0.25, -0.2) is 4.39 Å². The third-order valence-electron chi connectivity index (χ3n) is 2.44. The Balaban J connectivity index is 2.81. The van der Waals surface area contributed by atoms with E-state index in [2.05, 4.69) is 0 Å². The van der Waals surface area contributed by atoms with Crippen LogP contribution in [-0.4, -0.2) is 25.5 Å². The minimum absolute atomic E-state index is 0.127. The predicted octanol–water partition coefficient (Wildman–Crippen LogP) is 3.34. The SMILES string of the molecule is CN(C)CCCc1cccc(C(F)(F)F)c1F. The lowest BCUT2D eigenvalue weighted by Gasteiger charge is -2.12. The molecule has 0 saturated carbocycles. The van der Waals surface area contributed by atoms with Gasteiger partial charge in [-0.2, -0.15) is 13.2 Å². The second-order valence-corrected chi connectivity index (χ2v) is 4.18. The van der Waals surface area contributed by atoms with Crippen LogP contribution in [0.1, 0.15) is 17.5 Å². The van der Waals surface area contributed by atoms with E-state index in [4.69, 9.17) is 0 Å². The molecule has 96 valence electrons. The van der Waals surface area contributed by atoms with Crippen LogP contribution in [0.2, 0.25) is 0 Å². The first-order valence-corrected chi connectivity index (χ1v) is 5.31. The maximum Gasteiger partial charge on any atom is 0.419 e. The van der Waals surface area contributed by atoms with Crippen molar-refractivity contribution in [1.82, 2.24) is 4.90 Å². The Kier molecular flexibility index (Phi) is 4.51. The first-order chi connectivity index (χ1) is 7.82. The molecule has 1 aromatic carbocycles. The molecule has 0 aliphatic rings. The summed E-state index contributed by atoms with van der Waals surface area (Å²) in [6.45, 7) is 0.718. The van der Waals surface area contributed by atoms with Crippen molar-refractivity contribution in [3.8, 4) is 0 Å². The number of benzene rings is 1. The topological polar surface area (TPSA) is 3.24 Å². The van der Waals surface area contributed by atoms with Crippen LogP contribution in [0.3, 0.4) is 0 Å². The van der Waals surface area contributed by atoms with Gasteiger partial charge in [0, 0.05) is 0 Å². The standard InChI is InChI=1S/C12H15F4N/c1-17(2)8-4-6-9-5-3-7-10(11(9)13)12(14,15)16/h3,5,7H,4,6,8H2,1-2H3. The lowest BCUT2D eigenvalue weighted by Crippen LogP contribution is -2.14. The van der Waals surface area contributed by atoms with Crippen LogP contribution in [-0.2, 0) is 12.6 Å². The molecule has 0 saturated heterocycles. The molecule has 0 radical (unpaired) electrons. The van der Waals surface area contributed by atoms with Crippen LogP contribution in [0.5, 0.6) is 0 Å². The maximum absolute atomic E-state index is 13.6. The molecule has 0 heterocycles. The first-order valence-electron chi connectivity index (χ1n) is 5.31. The van der Waals surface area contributed by atoms with Gasteiger partial charge in [0.25, 0.3) is 0 Å². The third-order valence-corrected chi connectivity index (χ3v) is 2.44. The zero-order valence-electron chi connectivity index (χ0n) is 9.81. The Morgan fingerprint density at radius 2 is 1.82 bits per heavy atom. The van der Waals surface area contributed by atoms with Crippen LogP contribution < -0.4 is 0 Å². The van der Waals surface area contributed by atoms with Crippen LogP contribution in [0.25, 0.3) is 0 Å². The van der Waals surface area contributed by atoms with Crippen molar-refractivity contribution < 1.29 is 17.6 Å². The van der Waals surface area contributed by atoms with Crippen LogP contribution in [0.15, 0.2) is 18.2 Å². The molecule has 0 fully saturated rings. The second-order valence-electron chi connectivity index (χ2n) is 4.18. The summed E-state index contributed by atoms with van der Waals surface area (Å²) in [5.74, 6) is -1.14. The van der Waals surface area contributed by atoms with E-state index in [1.165, 1.54) is 12.1 Å². The largest absolute Gasteiger partial charge is 0.419 e. The highest BCUT2D eigenvalue weighted by Crippen LogP contribution is 2.32. The number of nitrogens with zero attached hydrogens (tertiary/aromatic N) is 1. The van der Waals surface area contributed by atoms with Crippen molar-refractivity contribution in [2.45, 2.75) is 19.0 Å². The lowest BCUT2D eigenvalue weighted by molar-refractivity contribution is -0.140. The molecule has 0 unspecified atom stereocenters. The van der Waals surface area contributed by atoms with Gasteiger partial charge >= 0.3 is 6.18 Å². The average molecular weight is 249 g/mol. The zero-order valence-corrected chi connectivity index (χ0v) is 9.81. The molecule has 0 atom stereocenters. The average Bonchev–Trinajstić information content (AvgIpc) is 2.18. The molecule has 0 N–H and O–H groups in total. The smallest absolute Gasteiger partial charge is 0.309 e. The molecular weight excluding hydrogens is 234 g/mol.